The quantitative estimate of drug-likeness (QED) is 0.634. The number of nitrogen functional groups attached to an aromatic ring is 3. The molecule has 0 aromatic heterocycles. The zero-order chi connectivity index (χ0) is 7.72. The van der Waals surface area contributed by atoms with Crippen molar-refractivity contribution in [1.82, 2.24) is 0 Å². The molecule has 0 fully saturated rings. The molecule has 1 rings (SSSR count). The molecule has 6 N–H and O–H groups in total. The van der Waals surface area contributed by atoms with Gasteiger partial charge in [0.1, 0.15) is 0 Å². The van der Waals surface area contributed by atoms with Crippen LogP contribution in [0.5, 0.6) is 0 Å². The Balaban J connectivity index is 0. The molecule has 0 radical (unpaired) electrons. The zero-order valence-corrected chi connectivity index (χ0v) is 9.30. The lowest BCUT2D eigenvalue weighted by Crippen LogP contribution is -1.97. The normalized spacial score (nSPS) is 8.08. The summed E-state index contributed by atoms with van der Waals surface area (Å²) in [5.74, 6) is 0. The smallest absolute Gasteiger partial charge is 0.0693 e. The van der Waals surface area contributed by atoms with Crippen molar-refractivity contribution in [2.75, 3.05) is 17.2 Å². The Kier molecular flexibility index (Phi) is 6.34. The first-order chi connectivity index (χ1) is 4.61. The lowest BCUT2D eigenvalue weighted by molar-refractivity contribution is 1.61. The standard InChI is InChI=1S/C6H8BrN3.2ClH/c7-4-1-3(8)2-5(9)6(4)10;;/h1-2H,8-10H2;2*1H. The van der Waals surface area contributed by atoms with Crippen LogP contribution in [0.4, 0.5) is 17.1 Å². The Morgan fingerprint density at radius 2 is 1.50 bits per heavy atom. The Bertz CT molecular complexity index is 244. The maximum atomic E-state index is 5.52. The lowest BCUT2D eigenvalue weighted by Gasteiger charge is -2.02. The van der Waals surface area contributed by atoms with Crippen molar-refractivity contribution in [2.45, 2.75) is 0 Å². The van der Waals surface area contributed by atoms with E-state index in [0.717, 1.165) is 4.47 Å². The number of rotatable bonds is 0. The fourth-order valence-electron chi connectivity index (χ4n) is 0.661. The second-order valence-electron chi connectivity index (χ2n) is 2.01. The second-order valence-corrected chi connectivity index (χ2v) is 2.86. The predicted molar refractivity (Wildman–Crippen MR) is 61.9 cm³/mol. The molecule has 0 saturated heterocycles. The van der Waals surface area contributed by atoms with Gasteiger partial charge in [0.2, 0.25) is 0 Å². The average Bonchev–Trinajstić information content (AvgIpc) is 1.82. The van der Waals surface area contributed by atoms with Gasteiger partial charge in [0.25, 0.3) is 0 Å². The van der Waals surface area contributed by atoms with Gasteiger partial charge in [-0.2, -0.15) is 0 Å². The van der Waals surface area contributed by atoms with E-state index >= 15 is 0 Å². The van der Waals surface area contributed by atoms with Crippen LogP contribution in [0.25, 0.3) is 0 Å². The molecule has 12 heavy (non-hydrogen) atoms. The van der Waals surface area contributed by atoms with E-state index in [1.807, 2.05) is 0 Å². The molecule has 0 bridgehead atoms. The number of hydrogen-bond donors (Lipinski definition) is 3. The number of benzene rings is 1. The van der Waals surface area contributed by atoms with Crippen LogP contribution in [0.3, 0.4) is 0 Å². The highest BCUT2D eigenvalue weighted by molar-refractivity contribution is 9.10. The highest BCUT2D eigenvalue weighted by Gasteiger charge is 1.99. The summed E-state index contributed by atoms with van der Waals surface area (Å²) in [5, 5.41) is 0. The fourth-order valence-corrected chi connectivity index (χ4v) is 1.15. The number of anilines is 3. The molecule has 0 aliphatic heterocycles. The van der Waals surface area contributed by atoms with Crippen molar-refractivity contribution in [3.05, 3.63) is 16.6 Å². The SMILES string of the molecule is Cl.Cl.Nc1cc(N)c(N)c(Br)c1. The Labute approximate surface area is 91.6 Å². The van der Waals surface area contributed by atoms with Crippen LogP contribution in [0.2, 0.25) is 0 Å². The lowest BCUT2D eigenvalue weighted by atomic mass is 10.2. The summed E-state index contributed by atoms with van der Waals surface area (Å²) in [5.41, 5.74) is 18.1. The molecule has 0 aliphatic rings. The molecule has 70 valence electrons. The zero-order valence-electron chi connectivity index (χ0n) is 6.08. The highest BCUT2D eigenvalue weighted by atomic mass is 79.9. The monoisotopic (exact) mass is 273 g/mol. The summed E-state index contributed by atoms with van der Waals surface area (Å²) in [6, 6.07) is 3.34. The van der Waals surface area contributed by atoms with Gasteiger partial charge in [0.15, 0.2) is 0 Å². The average molecular weight is 275 g/mol. The number of hydrogen-bond acceptors (Lipinski definition) is 3. The first kappa shape index (κ1) is 14.2. The van der Waals surface area contributed by atoms with Crippen LogP contribution in [0, 0.1) is 0 Å². The van der Waals surface area contributed by atoms with Crippen LogP contribution in [-0.4, -0.2) is 0 Å². The van der Waals surface area contributed by atoms with Crippen LogP contribution in [-0.2, 0) is 0 Å². The van der Waals surface area contributed by atoms with Gasteiger partial charge >= 0.3 is 0 Å². The largest absolute Gasteiger partial charge is 0.399 e. The summed E-state index contributed by atoms with van der Waals surface area (Å²) in [4.78, 5) is 0. The van der Waals surface area contributed by atoms with E-state index in [1.165, 1.54) is 0 Å². The van der Waals surface area contributed by atoms with Gasteiger partial charge < -0.3 is 17.2 Å². The van der Waals surface area contributed by atoms with Gasteiger partial charge in [0.05, 0.1) is 11.4 Å². The van der Waals surface area contributed by atoms with Crippen LogP contribution in [0.1, 0.15) is 0 Å². The summed E-state index contributed by atoms with van der Waals surface area (Å²) < 4.78 is 0.741. The first-order valence-corrected chi connectivity index (χ1v) is 3.50. The molecule has 0 aliphatic carbocycles. The predicted octanol–water partition coefficient (Wildman–Crippen LogP) is 2.04. The molecule has 0 amide bonds. The molecule has 3 nitrogen and oxygen atoms in total. The minimum atomic E-state index is 0. The minimum Gasteiger partial charge on any atom is -0.399 e. The summed E-state index contributed by atoms with van der Waals surface area (Å²) in [6.45, 7) is 0. The highest BCUT2D eigenvalue weighted by Crippen LogP contribution is 2.27. The molecule has 0 spiro atoms. The maximum absolute atomic E-state index is 5.52. The van der Waals surface area contributed by atoms with E-state index in [1.54, 1.807) is 12.1 Å². The maximum Gasteiger partial charge on any atom is 0.0693 e. The molecule has 0 heterocycles. The van der Waals surface area contributed by atoms with E-state index in [2.05, 4.69) is 15.9 Å². The minimum absolute atomic E-state index is 0. The topological polar surface area (TPSA) is 78.1 Å². The molecule has 1 aromatic carbocycles. The van der Waals surface area contributed by atoms with Crippen molar-refractivity contribution in [3.8, 4) is 0 Å². The third-order valence-corrected chi connectivity index (χ3v) is 1.84. The molecule has 0 atom stereocenters. The van der Waals surface area contributed by atoms with Gasteiger partial charge in [-0.3, -0.25) is 0 Å². The van der Waals surface area contributed by atoms with E-state index in [4.69, 9.17) is 17.2 Å². The van der Waals surface area contributed by atoms with E-state index in [-0.39, 0.29) is 24.8 Å². The summed E-state index contributed by atoms with van der Waals surface area (Å²) in [7, 11) is 0. The van der Waals surface area contributed by atoms with Gasteiger partial charge in [0, 0.05) is 10.2 Å². The summed E-state index contributed by atoms with van der Waals surface area (Å²) >= 11 is 3.21. The molecule has 6 heteroatoms. The second kappa shape index (κ2) is 5.35. The van der Waals surface area contributed by atoms with Crippen molar-refractivity contribution < 1.29 is 0 Å². The Morgan fingerprint density at radius 1 is 1.00 bits per heavy atom. The van der Waals surface area contributed by atoms with Gasteiger partial charge in [-0.05, 0) is 28.1 Å². The van der Waals surface area contributed by atoms with Crippen molar-refractivity contribution in [1.29, 1.82) is 0 Å². The van der Waals surface area contributed by atoms with Crippen molar-refractivity contribution >= 4 is 57.8 Å². The van der Waals surface area contributed by atoms with Gasteiger partial charge in [-0.1, -0.05) is 0 Å². The van der Waals surface area contributed by atoms with E-state index in [0.29, 0.717) is 17.1 Å². The van der Waals surface area contributed by atoms with Crippen LogP contribution in [0.15, 0.2) is 16.6 Å². The molecule has 0 saturated carbocycles. The molecule has 0 unspecified atom stereocenters. The van der Waals surface area contributed by atoms with Gasteiger partial charge in [-0.15, -0.1) is 24.8 Å². The van der Waals surface area contributed by atoms with E-state index < -0.39 is 0 Å². The van der Waals surface area contributed by atoms with Crippen LogP contribution < -0.4 is 17.2 Å². The van der Waals surface area contributed by atoms with Gasteiger partial charge in [-0.25, -0.2) is 0 Å². The van der Waals surface area contributed by atoms with Crippen molar-refractivity contribution in [3.63, 3.8) is 0 Å². The van der Waals surface area contributed by atoms with Crippen LogP contribution >= 0.6 is 40.7 Å². The molecular formula is C6H10BrCl2N3. The Hall–Kier alpha value is -0.320. The number of nitrogens with two attached hydrogens (primary N) is 3. The molecule has 1 aromatic rings. The van der Waals surface area contributed by atoms with E-state index in [9.17, 15) is 0 Å². The Morgan fingerprint density at radius 3 is 1.92 bits per heavy atom. The fraction of sp³-hybridized carbons (Fsp3) is 0. The number of halogens is 3. The summed E-state index contributed by atoms with van der Waals surface area (Å²) in [6.07, 6.45) is 0. The third kappa shape index (κ3) is 2.97. The third-order valence-electron chi connectivity index (χ3n) is 1.18. The van der Waals surface area contributed by atoms with Crippen molar-refractivity contribution in [2.24, 2.45) is 0 Å². The molecular weight excluding hydrogens is 265 g/mol. The first-order valence-electron chi connectivity index (χ1n) is 2.71.